The molecule has 124 valence electrons. The Kier molecular flexibility index (Phi) is 6.41. The van der Waals surface area contributed by atoms with Crippen LogP contribution in [0.4, 0.5) is 0 Å². The van der Waals surface area contributed by atoms with Gasteiger partial charge in [-0.1, -0.05) is 57.2 Å². The van der Waals surface area contributed by atoms with Gasteiger partial charge in [0.2, 0.25) is 0 Å². The number of ether oxygens (including phenoxy) is 2. The molecule has 0 amide bonds. The molecule has 2 rings (SSSR count). The highest BCUT2D eigenvalue weighted by atomic mass is 16.6. The van der Waals surface area contributed by atoms with Gasteiger partial charge in [0.25, 0.3) is 0 Å². The highest BCUT2D eigenvalue weighted by Crippen LogP contribution is 2.25. The number of rotatable bonds is 8. The van der Waals surface area contributed by atoms with Crippen molar-refractivity contribution < 1.29 is 14.3 Å². The summed E-state index contributed by atoms with van der Waals surface area (Å²) in [5.74, 6) is 0.604. The quantitative estimate of drug-likeness (QED) is 0.757. The van der Waals surface area contributed by atoms with Gasteiger partial charge < -0.3 is 14.8 Å². The minimum atomic E-state index is -0.302. The zero-order valence-electron chi connectivity index (χ0n) is 14.0. The van der Waals surface area contributed by atoms with E-state index in [9.17, 15) is 4.79 Å². The lowest BCUT2D eigenvalue weighted by molar-refractivity contribution is -0.150. The van der Waals surface area contributed by atoms with Gasteiger partial charge in [0.1, 0.15) is 18.5 Å². The molecule has 0 unspecified atom stereocenters. The van der Waals surface area contributed by atoms with Gasteiger partial charge in [0.05, 0.1) is 0 Å². The number of esters is 1. The molecule has 0 aliphatic carbocycles. The summed E-state index contributed by atoms with van der Waals surface area (Å²) < 4.78 is 11.4. The first kappa shape index (κ1) is 17.3. The molecular weight excluding hydrogens is 290 g/mol. The maximum Gasteiger partial charge on any atom is 0.305 e. The molecule has 0 saturated carbocycles. The SMILES string of the molecule is CCC(=O)O[C@@H](CNC(C)C)COc1cccc2ccccc12. The minimum Gasteiger partial charge on any atom is -0.489 e. The molecule has 1 atom stereocenters. The number of hydrogen-bond acceptors (Lipinski definition) is 4. The number of carbonyl (C=O) groups is 1. The molecule has 0 saturated heterocycles. The summed E-state index contributed by atoms with van der Waals surface area (Å²) in [6.45, 7) is 6.82. The van der Waals surface area contributed by atoms with E-state index in [4.69, 9.17) is 9.47 Å². The van der Waals surface area contributed by atoms with Crippen LogP contribution in [0.25, 0.3) is 10.8 Å². The van der Waals surface area contributed by atoms with E-state index >= 15 is 0 Å². The molecule has 0 aliphatic rings. The predicted octanol–water partition coefficient (Wildman–Crippen LogP) is 3.54. The van der Waals surface area contributed by atoms with Crippen molar-refractivity contribution in [3.63, 3.8) is 0 Å². The highest BCUT2D eigenvalue weighted by molar-refractivity contribution is 5.88. The molecule has 0 aromatic heterocycles. The average molecular weight is 315 g/mol. The third-order valence-corrected chi connectivity index (χ3v) is 3.51. The molecule has 1 N–H and O–H groups in total. The number of carbonyl (C=O) groups excluding carboxylic acids is 1. The monoisotopic (exact) mass is 315 g/mol. The Morgan fingerprint density at radius 1 is 1.13 bits per heavy atom. The second-order valence-electron chi connectivity index (χ2n) is 5.82. The molecule has 0 fully saturated rings. The van der Waals surface area contributed by atoms with E-state index in [0.29, 0.717) is 25.6 Å². The molecule has 2 aromatic rings. The first-order valence-electron chi connectivity index (χ1n) is 8.13. The Labute approximate surface area is 137 Å². The van der Waals surface area contributed by atoms with E-state index in [1.165, 1.54) is 0 Å². The predicted molar refractivity (Wildman–Crippen MR) is 92.8 cm³/mol. The third kappa shape index (κ3) is 5.25. The van der Waals surface area contributed by atoms with Gasteiger partial charge in [0.15, 0.2) is 0 Å². The van der Waals surface area contributed by atoms with E-state index in [2.05, 4.69) is 31.3 Å². The van der Waals surface area contributed by atoms with Gasteiger partial charge in [-0.15, -0.1) is 0 Å². The summed E-state index contributed by atoms with van der Waals surface area (Å²) >= 11 is 0. The number of fused-ring (bicyclic) bond motifs is 1. The topological polar surface area (TPSA) is 47.6 Å². The Balaban J connectivity index is 2.05. The van der Waals surface area contributed by atoms with Gasteiger partial charge in [-0.05, 0) is 11.5 Å². The Hall–Kier alpha value is -2.07. The molecule has 0 heterocycles. The minimum absolute atomic E-state index is 0.206. The fraction of sp³-hybridized carbons (Fsp3) is 0.421. The zero-order valence-corrected chi connectivity index (χ0v) is 14.0. The van der Waals surface area contributed by atoms with Crippen molar-refractivity contribution in [2.45, 2.75) is 39.3 Å². The largest absolute Gasteiger partial charge is 0.489 e. The second-order valence-corrected chi connectivity index (χ2v) is 5.82. The summed E-state index contributed by atoms with van der Waals surface area (Å²) in [4.78, 5) is 11.6. The van der Waals surface area contributed by atoms with Crippen molar-refractivity contribution in [3.05, 3.63) is 42.5 Å². The molecule has 4 heteroatoms. The van der Waals surface area contributed by atoms with Crippen LogP contribution in [-0.4, -0.2) is 31.3 Å². The average Bonchev–Trinajstić information content (AvgIpc) is 2.56. The molecule has 0 spiro atoms. The van der Waals surface area contributed by atoms with Crippen LogP contribution in [0.2, 0.25) is 0 Å². The molecule has 0 radical (unpaired) electrons. The van der Waals surface area contributed by atoms with Crippen LogP contribution in [0.3, 0.4) is 0 Å². The summed E-state index contributed by atoms with van der Waals surface area (Å²) in [6, 6.07) is 14.4. The first-order chi connectivity index (χ1) is 11.1. The molecular formula is C19H25NO3. The van der Waals surface area contributed by atoms with Crippen LogP contribution < -0.4 is 10.1 Å². The second kappa shape index (κ2) is 8.53. The lowest BCUT2D eigenvalue weighted by Crippen LogP contribution is -2.38. The van der Waals surface area contributed by atoms with Gasteiger partial charge in [0, 0.05) is 24.4 Å². The molecule has 0 aliphatic heterocycles. The molecule has 2 aromatic carbocycles. The third-order valence-electron chi connectivity index (χ3n) is 3.51. The summed E-state index contributed by atoms with van der Waals surface area (Å²) in [7, 11) is 0. The van der Waals surface area contributed by atoms with Gasteiger partial charge in [-0.3, -0.25) is 4.79 Å². The zero-order chi connectivity index (χ0) is 16.7. The van der Waals surface area contributed by atoms with Crippen LogP contribution >= 0.6 is 0 Å². The van der Waals surface area contributed by atoms with Crippen molar-refractivity contribution in [3.8, 4) is 5.75 Å². The standard InChI is InChI=1S/C19H25NO3/c1-4-19(21)23-16(12-20-14(2)3)13-22-18-11-7-9-15-8-5-6-10-17(15)18/h5-11,14,16,20H,4,12-13H2,1-3H3/t16-/m0/s1. The smallest absolute Gasteiger partial charge is 0.305 e. The molecule has 23 heavy (non-hydrogen) atoms. The Morgan fingerprint density at radius 3 is 2.61 bits per heavy atom. The molecule has 0 bridgehead atoms. The van der Waals surface area contributed by atoms with E-state index < -0.39 is 0 Å². The van der Waals surface area contributed by atoms with Gasteiger partial charge in [-0.2, -0.15) is 0 Å². The van der Waals surface area contributed by atoms with E-state index in [1.54, 1.807) is 6.92 Å². The van der Waals surface area contributed by atoms with Gasteiger partial charge in [-0.25, -0.2) is 0 Å². The lowest BCUT2D eigenvalue weighted by atomic mass is 10.1. The van der Waals surface area contributed by atoms with Crippen molar-refractivity contribution in [2.24, 2.45) is 0 Å². The fourth-order valence-corrected chi connectivity index (χ4v) is 2.28. The van der Waals surface area contributed by atoms with E-state index in [1.807, 2.05) is 30.3 Å². The first-order valence-corrected chi connectivity index (χ1v) is 8.13. The van der Waals surface area contributed by atoms with Gasteiger partial charge >= 0.3 is 5.97 Å². The lowest BCUT2D eigenvalue weighted by Gasteiger charge is -2.20. The van der Waals surface area contributed by atoms with Crippen molar-refractivity contribution in [1.82, 2.24) is 5.32 Å². The summed E-state index contributed by atoms with van der Waals surface area (Å²) in [5.41, 5.74) is 0. The number of hydrogen-bond donors (Lipinski definition) is 1. The van der Waals surface area contributed by atoms with E-state index in [-0.39, 0.29) is 12.1 Å². The summed E-state index contributed by atoms with van der Waals surface area (Å²) in [6.07, 6.45) is 0.0655. The van der Waals surface area contributed by atoms with E-state index in [0.717, 1.165) is 16.5 Å². The highest BCUT2D eigenvalue weighted by Gasteiger charge is 2.15. The van der Waals surface area contributed by atoms with Crippen LogP contribution in [0.15, 0.2) is 42.5 Å². The van der Waals surface area contributed by atoms with Crippen molar-refractivity contribution >= 4 is 16.7 Å². The number of benzene rings is 2. The Bertz CT molecular complexity index is 634. The van der Waals surface area contributed by atoms with Crippen molar-refractivity contribution in [2.75, 3.05) is 13.2 Å². The van der Waals surface area contributed by atoms with Crippen LogP contribution in [0, 0.1) is 0 Å². The summed E-state index contributed by atoms with van der Waals surface area (Å²) in [5, 5.41) is 5.49. The normalized spacial score (nSPS) is 12.3. The maximum absolute atomic E-state index is 11.6. The molecule has 4 nitrogen and oxygen atoms in total. The van der Waals surface area contributed by atoms with Crippen LogP contribution in [0.1, 0.15) is 27.2 Å². The van der Waals surface area contributed by atoms with Crippen LogP contribution in [0.5, 0.6) is 5.75 Å². The van der Waals surface area contributed by atoms with Crippen LogP contribution in [-0.2, 0) is 9.53 Å². The number of nitrogens with one attached hydrogen (secondary N) is 1. The maximum atomic E-state index is 11.6. The fourth-order valence-electron chi connectivity index (χ4n) is 2.28. The van der Waals surface area contributed by atoms with Crippen molar-refractivity contribution in [1.29, 1.82) is 0 Å². The Morgan fingerprint density at radius 2 is 1.87 bits per heavy atom.